The van der Waals surface area contributed by atoms with E-state index in [4.69, 9.17) is 5.73 Å². The molecular formula is C17H19N5O. The fourth-order valence-corrected chi connectivity index (χ4v) is 3.46. The van der Waals surface area contributed by atoms with Crippen LogP contribution in [-0.2, 0) is 0 Å². The Bertz CT molecular complexity index is 735. The first-order chi connectivity index (χ1) is 11.2. The Morgan fingerprint density at radius 2 is 1.96 bits per heavy atom. The molecule has 6 heteroatoms. The van der Waals surface area contributed by atoms with Crippen LogP contribution in [0.15, 0.2) is 36.5 Å². The third-order valence-corrected chi connectivity index (χ3v) is 4.59. The van der Waals surface area contributed by atoms with Crippen molar-refractivity contribution in [3.63, 3.8) is 0 Å². The predicted octanol–water partition coefficient (Wildman–Crippen LogP) is 1.23. The molecule has 2 atom stereocenters. The summed E-state index contributed by atoms with van der Waals surface area (Å²) in [6.07, 6.45) is 4.00. The number of aromatic nitrogens is 2. The minimum absolute atomic E-state index is 0.185. The summed E-state index contributed by atoms with van der Waals surface area (Å²) < 4.78 is 0. The molecule has 2 unspecified atom stereocenters. The summed E-state index contributed by atoms with van der Waals surface area (Å²) in [4.78, 5) is 23.4. The average molecular weight is 309 g/mol. The second-order valence-electron chi connectivity index (χ2n) is 6.19. The molecule has 0 amide bonds. The van der Waals surface area contributed by atoms with Crippen molar-refractivity contribution < 1.29 is 4.79 Å². The molecule has 2 bridgehead atoms. The van der Waals surface area contributed by atoms with Gasteiger partial charge in [0.1, 0.15) is 17.3 Å². The Balaban J connectivity index is 1.61. The maximum atomic E-state index is 12.6. The number of nitrogens with two attached hydrogens (primary N) is 1. The van der Waals surface area contributed by atoms with Gasteiger partial charge in [-0.25, -0.2) is 9.97 Å². The average Bonchev–Trinajstić information content (AvgIpc) is 2.93. The van der Waals surface area contributed by atoms with E-state index in [-0.39, 0.29) is 11.6 Å². The highest BCUT2D eigenvalue weighted by molar-refractivity contribution is 6.10. The van der Waals surface area contributed by atoms with E-state index >= 15 is 0 Å². The first-order valence-corrected chi connectivity index (χ1v) is 7.94. The number of nitrogens with zero attached hydrogens (tertiary/aromatic N) is 3. The lowest BCUT2D eigenvalue weighted by Gasteiger charge is -2.33. The van der Waals surface area contributed by atoms with E-state index in [1.807, 2.05) is 12.1 Å². The lowest BCUT2D eigenvalue weighted by Crippen LogP contribution is -2.51. The summed E-state index contributed by atoms with van der Waals surface area (Å²) in [6, 6.07) is 10.0. The highest BCUT2D eigenvalue weighted by Gasteiger charge is 2.32. The van der Waals surface area contributed by atoms with Crippen molar-refractivity contribution in [2.24, 2.45) is 0 Å². The van der Waals surface area contributed by atoms with Crippen LogP contribution < -0.4 is 16.0 Å². The highest BCUT2D eigenvalue weighted by Crippen LogP contribution is 2.24. The Labute approximate surface area is 134 Å². The van der Waals surface area contributed by atoms with E-state index in [1.165, 1.54) is 12.8 Å². The molecule has 0 spiro atoms. The molecule has 3 N–H and O–H groups in total. The van der Waals surface area contributed by atoms with Gasteiger partial charge >= 0.3 is 0 Å². The van der Waals surface area contributed by atoms with Gasteiger partial charge in [0.25, 0.3) is 0 Å². The van der Waals surface area contributed by atoms with Crippen molar-refractivity contribution in [2.45, 2.75) is 24.9 Å². The maximum Gasteiger partial charge on any atom is 0.215 e. The fraction of sp³-hybridized carbons (Fsp3) is 0.353. The highest BCUT2D eigenvalue weighted by atomic mass is 16.1. The molecule has 0 saturated carbocycles. The van der Waals surface area contributed by atoms with Crippen LogP contribution in [-0.4, -0.2) is 40.9 Å². The molecule has 4 rings (SSSR count). The van der Waals surface area contributed by atoms with Gasteiger partial charge in [-0.2, -0.15) is 0 Å². The number of piperazine rings is 1. The number of carbonyl (C=O) groups excluding carboxylic acids is 1. The first-order valence-electron chi connectivity index (χ1n) is 7.94. The van der Waals surface area contributed by atoms with E-state index < -0.39 is 0 Å². The topological polar surface area (TPSA) is 84.1 Å². The zero-order chi connectivity index (χ0) is 15.8. The standard InChI is InChI=1S/C17H19N5O/c18-17-13(3-2-8-19-17)16(23)14-4-1-5-15(21-14)22-9-11-6-7-12(10-22)20-11/h1-5,8,11-12,20H,6-7,9-10H2,(H2,18,19). The molecule has 23 heavy (non-hydrogen) atoms. The minimum atomic E-state index is -0.185. The van der Waals surface area contributed by atoms with Gasteiger partial charge in [0.15, 0.2) is 0 Å². The van der Waals surface area contributed by atoms with Gasteiger partial charge in [0.05, 0.1) is 5.56 Å². The quantitative estimate of drug-likeness (QED) is 0.830. The van der Waals surface area contributed by atoms with Gasteiger partial charge in [-0.3, -0.25) is 4.79 Å². The van der Waals surface area contributed by atoms with Crippen molar-refractivity contribution in [1.29, 1.82) is 0 Å². The Morgan fingerprint density at radius 3 is 2.70 bits per heavy atom. The third kappa shape index (κ3) is 2.66. The van der Waals surface area contributed by atoms with Gasteiger partial charge < -0.3 is 16.0 Å². The minimum Gasteiger partial charge on any atom is -0.383 e. The fourth-order valence-electron chi connectivity index (χ4n) is 3.46. The number of ketones is 1. The maximum absolute atomic E-state index is 12.6. The second-order valence-corrected chi connectivity index (χ2v) is 6.19. The summed E-state index contributed by atoms with van der Waals surface area (Å²) in [5.41, 5.74) is 6.62. The number of hydrogen-bond donors (Lipinski definition) is 2. The monoisotopic (exact) mass is 309 g/mol. The number of hydrogen-bond acceptors (Lipinski definition) is 6. The summed E-state index contributed by atoms with van der Waals surface area (Å²) in [7, 11) is 0. The van der Waals surface area contributed by atoms with E-state index in [0.29, 0.717) is 23.3 Å². The van der Waals surface area contributed by atoms with E-state index in [0.717, 1.165) is 18.9 Å². The van der Waals surface area contributed by atoms with Gasteiger partial charge in [0, 0.05) is 31.4 Å². The van der Waals surface area contributed by atoms with Crippen molar-refractivity contribution >= 4 is 17.4 Å². The number of anilines is 2. The van der Waals surface area contributed by atoms with Crippen LogP contribution in [0.1, 0.15) is 28.9 Å². The largest absolute Gasteiger partial charge is 0.383 e. The molecule has 2 aromatic rings. The number of pyridine rings is 2. The summed E-state index contributed by atoms with van der Waals surface area (Å²) >= 11 is 0. The van der Waals surface area contributed by atoms with E-state index in [2.05, 4.69) is 20.2 Å². The zero-order valence-electron chi connectivity index (χ0n) is 12.8. The van der Waals surface area contributed by atoms with E-state index in [9.17, 15) is 4.79 Å². The molecule has 0 aliphatic carbocycles. The van der Waals surface area contributed by atoms with Crippen molar-refractivity contribution in [3.05, 3.63) is 47.8 Å². The van der Waals surface area contributed by atoms with Crippen molar-refractivity contribution in [3.8, 4) is 0 Å². The van der Waals surface area contributed by atoms with Crippen LogP contribution in [0.5, 0.6) is 0 Å². The summed E-state index contributed by atoms with van der Waals surface area (Å²) in [5, 5.41) is 3.60. The second kappa shape index (κ2) is 5.62. The van der Waals surface area contributed by atoms with Crippen LogP contribution in [0, 0.1) is 0 Å². The molecule has 2 fully saturated rings. The summed E-state index contributed by atoms with van der Waals surface area (Å²) in [5.74, 6) is 0.914. The van der Waals surface area contributed by atoms with E-state index in [1.54, 1.807) is 24.4 Å². The Hall–Kier alpha value is -2.47. The molecule has 2 aliphatic rings. The van der Waals surface area contributed by atoms with Crippen LogP contribution in [0.2, 0.25) is 0 Å². The van der Waals surface area contributed by atoms with Crippen LogP contribution in [0.3, 0.4) is 0 Å². The lowest BCUT2D eigenvalue weighted by molar-refractivity contribution is 0.103. The number of fused-ring (bicyclic) bond motifs is 2. The molecule has 0 aromatic carbocycles. The Kier molecular flexibility index (Phi) is 3.46. The van der Waals surface area contributed by atoms with Crippen molar-refractivity contribution in [2.75, 3.05) is 23.7 Å². The third-order valence-electron chi connectivity index (χ3n) is 4.59. The van der Waals surface area contributed by atoms with Gasteiger partial charge in [-0.05, 0) is 37.1 Å². The molecule has 2 aliphatic heterocycles. The van der Waals surface area contributed by atoms with Crippen LogP contribution >= 0.6 is 0 Å². The van der Waals surface area contributed by atoms with Crippen LogP contribution in [0.4, 0.5) is 11.6 Å². The van der Waals surface area contributed by atoms with Gasteiger partial charge in [-0.15, -0.1) is 0 Å². The molecule has 2 aromatic heterocycles. The number of nitrogen functional groups attached to an aromatic ring is 1. The normalized spacial score (nSPS) is 23.0. The number of nitrogens with one attached hydrogen (secondary N) is 1. The van der Waals surface area contributed by atoms with Gasteiger partial charge in [0.2, 0.25) is 5.78 Å². The Morgan fingerprint density at radius 1 is 1.17 bits per heavy atom. The summed E-state index contributed by atoms with van der Waals surface area (Å²) in [6.45, 7) is 1.88. The molecule has 6 nitrogen and oxygen atoms in total. The number of rotatable bonds is 3. The lowest BCUT2D eigenvalue weighted by atomic mass is 10.1. The molecule has 4 heterocycles. The van der Waals surface area contributed by atoms with Gasteiger partial charge in [-0.1, -0.05) is 6.07 Å². The predicted molar refractivity (Wildman–Crippen MR) is 88.5 cm³/mol. The number of carbonyl (C=O) groups is 1. The molecular weight excluding hydrogens is 290 g/mol. The van der Waals surface area contributed by atoms with Crippen LogP contribution in [0.25, 0.3) is 0 Å². The smallest absolute Gasteiger partial charge is 0.215 e. The molecule has 0 radical (unpaired) electrons. The molecule has 2 saturated heterocycles. The van der Waals surface area contributed by atoms with Crippen molar-refractivity contribution in [1.82, 2.24) is 15.3 Å². The SMILES string of the molecule is Nc1ncccc1C(=O)c1cccc(N2CC3CCC(C2)N3)n1. The first kappa shape index (κ1) is 14.1. The molecule has 118 valence electrons. The zero-order valence-corrected chi connectivity index (χ0v) is 12.8.